The number of ether oxygens (including phenoxy) is 1. The summed E-state index contributed by atoms with van der Waals surface area (Å²) < 4.78 is 5.36. The van der Waals surface area contributed by atoms with Gasteiger partial charge in [-0.2, -0.15) is 0 Å². The second-order valence-corrected chi connectivity index (χ2v) is 6.00. The normalized spacial score (nSPS) is 16.3. The van der Waals surface area contributed by atoms with Crippen LogP contribution in [-0.4, -0.2) is 60.5 Å². The summed E-state index contributed by atoms with van der Waals surface area (Å²) in [5.74, 6) is 0. The van der Waals surface area contributed by atoms with Gasteiger partial charge in [0.05, 0.1) is 30.0 Å². The summed E-state index contributed by atoms with van der Waals surface area (Å²) in [5, 5.41) is 12.0. The van der Waals surface area contributed by atoms with Crippen molar-refractivity contribution in [3.63, 3.8) is 0 Å². The van der Waals surface area contributed by atoms with Gasteiger partial charge in [-0.25, -0.2) is 4.98 Å². The summed E-state index contributed by atoms with van der Waals surface area (Å²) in [4.78, 5) is 11.0. The van der Waals surface area contributed by atoms with E-state index in [2.05, 4.69) is 20.2 Å². The van der Waals surface area contributed by atoms with Crippen molar-refractivity contribution in [2.24, 2.45) is 0 Å². The number of hydrogen-bond acceptors (Lipinski definition) is 6. The van der Waals surface area contributed by atoms with E-state index >= 15 is 0 Å². The van der Waals surface area contributed by atoms with Gasteiger partial charge in [-0.15, -0.1) is 0 Å². The van der Waals surface area contributed by atoms with Crippen molar-refractivity contribution in [1.82, 2.24) is 20.2 Å². The first-order valence-electron chi connectivity index (χ1n) is 7.85. The minimum absolute atomic E-state index is 0.434. The average Bonchev–Trinajstić information content (AvgIpc) is 2.59. The molecule has 0 amide bonds. The minimum Gasteiger partial charge on any atom is -0.393 e. The Morgan fingerprint density at radius 2 is 2.17 bits per heavy atom. The first-order chi connectivity index (χ1) is 11.7. The maximum Gasteiger partial charge on any atom is 0.129 e. The molecule has 2 aromatic rings. The van der Waals surface area contributed by atoms with Crippen molar-refractivity contribution < 1.29 is 4.74 Å². The van der Waals surface area contributed by atoms with E-state index in [1.807, 2.05) is 25.4 Å². The van der Waals surface area contributed by atoms with Crippen LogP contribution in [0.2, 0.25) is 5.15 Å². The Labute approximate surface area is 146 Å². The molecule has 3 rings (SSSR count). The lowest BCUT2D eigenvalue weighted by Gasteiger charge is -2.27. The average molecular weight is 346 g/mol. The van der Waals surface area contributed by atoms with E-state index in [0.717, 1.165) is 48.5 Å². The highest BCUT2D eigenvalue weighted by molar-refractivity contribution is 6.29. The Morgan fingerprint density at radius 1 is 1.38 bits per heavy atom. The summed E-state index contributed by atoms with van der Waals surface area (Å²) in [6.07, 6.45) is 3.60. The number of nitrogens with zero attached hydrogens (tertiary/aromatic N) is 3. The number of nitrogens with one attached hydrogen (secondary N) is 2. The molecule has 1 aliphatic rings. The Kier molecular flexibility index (Phi) is 5.40. The van der Waals surface area contributed by atoms with Gasteiger partial charge in [-0.1, -0.05) is 11.6 Å². The molecule has 0 aromatic carbocycles. The zero-order valence-electron chi connectivity index (χ0n) is 13.6. The van der Waals surface area contributed by atoms with Crippen LogP contribution < -0.4 is 5.32 Å². The van der Waals surface area contributed by atoms with E-state index in [9.17, 15) is 0 Å². The van der Waals surface area contributed by atoms with Gasteiger partial charge < -0.3 is 15.5 Å². The number of fused-ring (bicyclic) bond motifs is 1. The molecule has 0 atom stereocenters. The van der Waals surface area contributed by atoms with Crippen molar-refractivity contribution >= 4 is 33.9 Å². The van der Waals surface area contributed by atoms with Crippen molar-refractivity contribution in [2.45, 2.75) is 0 Å². The summed E-state index contributed by atoms with van der Waals surface area (Å²) in [6.45, 7) is 3.72. The third kappa shape index (κ3) is 3.90. The van der Waals surface area contributed by atoms with Crippen LogP contribution in [0.25, 0.3) is 16.6 Å². The molecule has 0 bridgehead atoms. The zero-order chi connectivity index (χ0) is 16.9. The zero-order valence-corrected chi connectivity index (χ0v) is 14.3. The predicted octanol–water partition coefficient (Wildman–Crippen LogP) is 2.20. The molecule has 0 unspecified atom stereocenters. The molecule has 3 heterocycles. The lowest BCUT2D eigenvalue weighted by molar-refractivity contribution is 0.0453. The van der Waals surface area contributed by atoms with Gasteiger partial charge in [0.1, 0.15) is 5.15 Å². The molecular formula is C17H20ClN5O. The molecule has 7 heteroatoms. The molecule has 1 fully saturated rings. The summed E-state index contributed by atoms with van der Waals surface area (Å²) in [5.41, 5.74) is 3.70. The van der Waals surface area contributed by atoms with E-state index < -0.39 is 0 Å². The summed E-state index contributed by atoms with van der Waals surface area (Å²) >= 11 is 5.98. The number of halogens is 1. The van der Waals surface area contributed by atoms with Gasteiger partial charge >= 0.3 is 0 Å². The van der Waals surface area contributed by atoms with Gasteiger partial charge in [-0.3, -0.25) is 9.88 Å². The fraction of sp³-hybridized carbons (Fsp3) is 0.353. The van der Waals surface area contributed by atoms with Crippen LogP contribution in [0.1, 0.15) is 5.56 Å². The molecular weight excluding hydrogens is 326 g/mol. The van der Waals surface area contributed by atoms with E-state index in [0.29, 0.717) is 17.4 Å². The number of aromatic nitrogens is 2. The fourth-order valence-corrected chi connectivity index (χ4v) is 2.84. The Balaban J connectivity index is 1.87. The Bertz CT molecular complexity index is 771. The quantitative estimate of drug-likeness (QED) is 0.642. The van der Waals surface area contributed by atoms with Crippen LogP contribution in [0.5, 0.6) is 0 Å². The highest BCUT2D eigenvalue weighted by Gasteiger charge is 2.16. The standard InChI is InChI=1S/C17H20ClN5O/c1-20-10-13(14(19)11-23-4-6-24-7-5-23)12-8-16-15(21-9-12)2-3-17(18)22-16/h2-3,8-10,19-20H,4-7,11H2,1H3/b13-10-,19-14?. The second kappa shape index (κ2) is 7.70. The van der Waals surface area contributed by atoms with E-state index in [-0.39, 0.29) is 0 Å². The fourth-order valence-electron chi connectivity index (χ4n) is 2.69. The van der Waals surface area contributed by atoms with Gasteiger partial charge in [0.2, 0.25) is 0 Å². The van der Waals surface area contributed by atoms with E-state index in [1.165, 1.54) is 0 Å². The number of hydrogen-bond donors (Lipinski definition) is 2. The maximum atomic E-state index is 8.51. The lowest BCUT2D eigenvalue weighted by atomic mass is 10.0. The van der Waals surface area contributed by atoms with Crippen LogP contribution in [0, 0.1) is 5.41 Å². The van der Waals surface area contributed by atoms with Crippen molar-refractivity contribution in [3.05, 3.63) is 41.3 Å². The van der Waals surface area contributed by atoms with Gasteiger partial charge in [0, 0.05) is 50.2 Å². The van der Waals surface area contributed by atoms with Gasteiger partial charge in [-0.05, 0) is 18.2 Å². The van der Waals surface area contributed by atoms with Crippen molar-refractivity contribution in [3.8, 4) is 0 Å². The Hall–Kier alpha value is -2.02. The maximum absolute atomic E-state index is 8.51. The largest absolute Gasteiger partial charge is 0.393 e. The summed E-state index contributed by atoms with van der Waals surface area (Å²) in [6, 6.07) is 5.49. The molecule has 0 spiro atoms. The van der Waals surface area contributed by atoms with Crippen LogP contribution in [0.15, 0.2) is 30.6 Å². The molecule has 1 saturated heterocycles. The third-order valence-electron chi connectivity index (χ3n) is 3.91. The molecule has 0 saturated carbocycles. The molecule has 1 aliphatic heterocycles. The van der Waals surface area contributed by atoms with Crippen LogP contribution in [0.4, 0.5) is 0 Å². The monoisotopic (exact) mass is 345 g/mol. The third-order valence-corrected chi connectivity index (χ3v) is 4.12. The Morgan fingerprint density at radius 3 is 2.92 bits per heavy atom. The highest BCUT2D eigenvalue weighted by Crippen LogP contribution is 2.20. The smallest absolute Gasteiger partial charge is 0.129 e. The van der Waals surface area contributed by atoms with E-state index in [1.54, 1.807) is 12.3 Å². The van der Waals surface area contributed by atoms with Crippen LogP contribution in [-0.2, 0) is 4.74 Å². The molecule has 2 N–H and O–H groups in total. The number of morpholine rings is 1. The first kappa shape index (κ1) is 16.8. The second-order valence-electron chi connectivity index (χ2n) is 5.61. The minimum atomic E-state index is 0.434. The molecule has 6 nitrogen and oxygen atoms in total. The van der Waals surface area contributed by atoms with Crippen molar-refractivity contribution in [2.75, 3.05) is 39.9 Å². The molecule has 2 aromatic heterocycles. The van der Waals surface area contributed by atoms with Crippen LogP contribution >= 0.6 is 11.6 Å². The SMILES string of the molecule is CN/C=C(\C(=N)CN1CCOCC1)c1cnc2ccc(Cl)nc2c1. The first-order valence-corrected chi connectivity index (χ1v) is 8.23. The molecule has 24 heavy (non-hydrogen) atoms. The molecule has 126 valence electrons. The number of pyridine rings is 2. The highest BCUT2D eigenvalue weighted by atomic mass is 35.5. The predicted molar refractivity (Wildman–Crippen MR) is 96.6 cm³/mol. The lowest BCUT2D eigenvalue weighted by Crippen LogP contribution is -2.39. The van der Waals surface area contributed by atoms with E-state index in [4.69, 9.17) is 21.7 Å². The van der Waals surface area contributed by atoms with Crippen molar-refractivity contribution in [1.29, 1.82) is 5.41 Å². The molecule has 0 radical (unpaired) electrons. The summed E-state index contributed by atoms with van der Waals surface area (Å²) in [7, 11) is 1.83. The molecule has 0 aliphatic carbocycles. The number of rotatable bonds is 5. The van der Waals surface area contributed by atoms with Crippen LogP contribution in [0.3, 0.4) is 0 Å². The van der Waals surface area contributed by atoms with Gasteiger partial charge in [0.15, 0.2) is 0 Å². The topological polar surface area (TPSA) is 74.1 Å². The van der Waals surface area contributed by atoms with Gasteiger partial charge in [0.25, 0.3) is 0 Å².